The molecule has 0 saturated heterocycles. The second kappa shape index (κ2) is 62.9. The van der Waals surface area contributed by atoms with E-state index < -0.39 is 6.10 Å². The summed E-state index contributed by atoms with van der Waals surface area (Å²) in [4.78, 5) is 38.3. The van der Waals surface area contributed by atoms with Gasteiger partial charge in [-0.2, -0.15) is 0 Å². The van der Waals surface area contributed by atoms with E-state index in [2.05, 4.69) is 20.8 Å². The highest BCUT2D eigenvalue weighted by atomic mass is 16.6. The van der Waals surface area contributed by atoms with Gasteiger partial charge in [0.25, 0.3) is 0 Å². The molecule has 0 heterocycles. The van der Waals surface area contributed by atoms with Gasteiger partial charge in [-0.3, -0.25) is 14.4 Å². The summed E-state index contributed by atoms with van der Waals surface area (Å²) < 4.78 is 17.0. The maximum Gasteiger partial charge on any atom is 0.306 e. The monoisotopic (exact) mass is 1030 g/mol. The van der Waals surface area contributed by atoms with Crippen molar-refractivity contribution in [1.82, 2.24) is 0 Å². The lowest BCUT2D eigenvalue weighted by Crippen LogP contribution is -2.30. The first-order valence-electron chi connectivity index (χ1n) is 33.5. The Labute approximate surface area is 457 Å². The van der Waals surface area contributed by atoms with Crippen LogP contribution in [0.5, 0.6) is 0 Å². The summed E-state index contributed by atoms with van der Waals surface area (Å²) in [5.41, 5.74) is 0. The molecule has 0 fully saturated rings. The molecule has 0 N–H and O–H groups in total. The van der Waals surface area contributed by atoms with Gasteiger partial charge in [0.1, 0.15) is 13.2 Å². The Kier molecular flexibility index (Phi) is 61.6. The molecule has 434 valence electrons. The molecule has 6 heteroatoms. The molecule has 0 rings (SSSR count). The summed E-state index contributed by atoms with van der Waals surface area (Å²) in [6, 6.07) is 0. The van der Waals surface area contributed by atoms with Crippen LogP contribution in [0.3, 0.4) is 0 Å². The Morgan fingerprint density at radius 1 is 0.219 bits per heavy atom. The maximum absolute atomic E-state index is 12.9. The predicted molar refractivity (Wildman–Crippen MR) is 317 cm³/mol. The molecule has 0 aliphatic carbocycles. The van der Waals surface area contributed by atoms with Gasteiger partial charge >= 0.3 is 17.9 Å². The molecule has 1 unspecified atom stereocenters. The molecule has 0 aromatic heterocycles. The Balaban J connectivity index is 4.24. The first kappa shape index (κ1) is 71.4. The standard InChI is InChI=1S/C67H130O6/c1-4-7-10-13-16-19-22-25-28-30-32-34-36-37-39-42-45-48-51-54-57-60-66(69)72-63-64(62-71-65(68)59-56-53-50-47-44-41-27-24-21-18-15-12-9-6-3)73-67(70)61-58-55-52-49-46-43-40-38-35-33-31-29-26-23-20-17-14-11-8-5-2/h64H,4-63H2,1-3H3. The van der Waals surface area contributed by atoms with Crippen LogP contribution in [0.15, 0.2) is 0 Å². The van der Waals surface area contributed by atoms with Crippen LogP contribution >= 0.6 is 0 Å². The number of hydrogen-bond donors (Lipinski definition) is 0. The lowest BCUT2D eigenvalue weighted by molar-refractivity contribution is -0.167. The van der Waals surface area contributed by atoms with E-state index in [9.17, 15) is 14.4 Å². The number of esters is 3. The van der Waals surface area contributed by atoms with Gasteiger partial charge in [0, 0.05) is 19.3 Å². The number of carbonyl (C=O) groups excluding carboxylic acids is 3. The fraction of sp³-hybridized carbons (Fsp3) is 0.955. The molecule has 0 aromatic rings. The number of ether oxygens (including phenoxy) is 3. The average molecular weight is 1030 g/mol. The van der Waals surface area contributed by atoms with Crippen LogP contribution < -0.4 is 0 Å². The van der Waals surface area contributed by atoms with Gasteiger partial charge in [-0.1, -0.05) is 355 Å². The van der Waals surface area contributed by atoms with Gasteiger partial charge in [0.15, 0.2) is 6.10 Å². The maximum atomic E-state index is 12.9. The fourth-order valence-corrected chi connectivity index (χ4v) is 10.6. The van der Waals surface area contributed by atoms with Crippen molar-refractivity contribution in [1.29, 1.82) is 0 Å². The highest BCUT2D eigenvalue weighted by molar-refractivity contribution is 5.71. The van der Waals surface area contributed by atoms with Gasteiger partial charge in [-0.05, 0) is 19.3 Å². The Bertz CT molecular complexity index is 1090. The summed E-state index contributed by atoms with van der Waals surface area (Å²) in [5, 5.41) is 0. The largest absolute Gasteiger partial charge is 0.462 e. The topological polar surface area (TPSA) is 78.9 Å². The molecule has 0 amide bonds. The van der Waals surface area contributed by atoms with Gasteiger partial charge in [0.05, 0.1) is 0 Å². The molecular formula is C67H130O6. The molecular weight excluding hydrogens is 901 g/mol. The van der Waals surface area contributed by atoms with Crippen LogP contribution in [0.2, 0.25) is 0 Å². The molecule has 1 atom stereocenters. The van der Waals surface area contributed by atoms with Crippen LogP contribution in [0.25, 0.3) is 0 Å². The summed E-state index contributed by atoms with van der Waals surface area (Å²) in [7, 11) is 0. The van der Waals surface area contributed by atoms with Crippen LogP contribution in [0.1, 0.15) is 393 Å². The summed E-state index contributed by atoms with van der Waals surface area (Å²) in [5.74, 6) is -0.822. The van der Waals surface area contributed by atoms with Crippen molar-refractivity contribution < 1.29 is 28.6 Å². The van der Waals surface area contributed by atoms with E-state index in [-0.39, 0.29) is 31.1 Å². The van der Waals surface area contributed by atoms with Gasteiger partial charge in [0.2, 0.25) is 0 Å². The lowest BCUT2D eigenvalue weighted by atomic mass is 10.0. The Morgan fingerprint density at radius 3 is 0.548 bits per heavy atom. The van der Waals surface area contributed by atoms with Crippen molar-refractivity contribution in [3.8, 4) is 0 Å². The van der Waals surface area contributed by atoms with Crippen molar-refractivity contribution >= 4 is 17.9 Å². The van der Waals surface area contributed by atoms with Crippen molar-refractivity contribution in [2.45, 2.75) is 399 Å². The molecule has 0 spiro atoms. The van der Waals surface area contributed by atoms with Crippen molar-refractivity contribution in [3.63, 3.8) is 0 Å². The Morgan fingerprint density at radius 2 is 0.370 bits per heavy atom. The first-order chi connectivity index (χ1) is 36.0. The van der Waals surface area contributed by atoms with Crippen LogP contribution in [-0.4, -0.2) is 37.2 Å². The third-order valence-electron chi connectivity index (χ3n) is 15.6. The zero-order valence-corrected chi connectivity index (χ0v) is 50.0. The minimum atomic E-state index is -0.762. The molecule has 0 radical (unpaired) electrons. The van der Waals surface area contributed by atoms with Crippen molar-refractivity contribution in [2.24, 2.45) is 0 Å². The fourth-order valence-electron chi connectivity index (χ4n) is 10.6. The molecule has 0 aromatic carbocycles. The lowest BCUT2D eigenvalue weighted by Gasteiger charge is -2.18. The summed E-state index contributed by atoms with van der Waals surface area (Å²) >= 11 is 0. The highest BCUT2D eigenvalue weighted by Gasteiger charge is 2.19. The predicted octanol–water partition coefficient (Wildman–Crippen LogP) is 22.7. The number of carbonyl (C=O) groups is 3. The van der Waals surface area contributed by atoms with E-state index in [1.807, 2.05) is 0 Å². The summed E-state index contributed by atoms with van der Waals surface area (Å²) in [6.45, 7) is 6.74. The molecule has 6 nitrogen and oxygen atoms in total. The smallest absolute Gasteiger partial charge is 0.306 e. The van der Waals surface area contributed by atoms with E-state index in [0.29, 0.717) is 19.3 Å². The second-order valence-corrected chi connectivity index (χ2v) is 23.1. The minimum Gasteiger partial charge on any atom is -0.462 e. The van der Waals surface area contributed by atoms with Crippen molar-refractivity contribution in [2.75, 3.05) is 13.2 Å². The van der Waals surface area contributed by atoms with E-state index in [0.717, 1.165) is 57.8 Å². The van der Waals surface area contributed by atoms with Crippen LogP contribution in [-0.2, 0) is 28.6 Å². The average Bonchev–Trinajstić information content (AvgIpc) is 3.39. The molecule has 0 aliphatic heterocycles. The number of rotatable bonds is 63. The van der Waals surface area contributed by atoms with E-state index in [4.69, 9.17) is 14.2 Å². The quantitative estimate of drug-likeness (QED) is 0.0343. The highest BCUT2D eigenvalue weighted by Crippen LogP contribution is 2.19. The zero-order chi connectivity index (χ0) is 52.9. The Hall–Kier alpha value is -1.59. The van der Waals surface area contributed by atoms with E-state index in [1.165, 1.54) is 295 Å². The first-order valence-corrected chi connectivity index (χ1v) is 33.5. The number of unbranched alkanes of at least 4 members (excludes halogenated alkanes) is 52. The zero-order valence-electron chi connectivity index (χ0n) is 50.0. The molecule has 73 heavy (non-hydrogen) atoms. The second-order valence-electron chi connectivity index (χ2n) is 23.1. The SMILES string of the molecule is CCCCCCCCCCCCCCCCCCCCCCCC(=O)OCC(COC(=O)CCCCCCCCCCCCCCCC)OC(=O)CCCCCCCCCCCCCCCCCCCCCC. The van der Waals surface area contributed by atoms with Gasteiger partial charge in [-0.15, -0.1) is 0 Å². The van der Waals surface area contributed by atoms with Gasteiger partial charge < -0.3 is 14.2 Å². The van der Waals surface area contributed by atoms with Crippen molar-refractivity contribution in [3.05, 3.63) is 0 Å². The third kappa shape index (κ3) is 61.1. The van der Waals surface area contributed by atoms with Gasteiger partial charge in [-0.25, -0.2) is 0 Å². The van der Waals surface area contributed by atoms with E-state index >= 15 is 0 Å². The minimum absolute atomic E-state index is 0.0603. The molecule has 0 bridgehead atoms. The van der Waals surface area contributed by atoms with E-state index in [1.54, 1.807) is 0 Å². The normalized spacial score (nSPS) is 11.9. The van der Waals surface area contributed by atoms with Crippen LogP contribution in [0.4, 0.5) is 0 Å². The molecule has 0 saturated carbocycles. The third-order valence-corrected chi connectivity index (χ3v) is 15.6. The molecule has 0 aliphatic rings. The summed E-state index contributed by atoms with van der Waals surface area (Å²) in [6.07, 6.45) is 72.6. The van der Waals surface area contributed by atoms with Crippen LogP contribution in [0, 0.1) is 0 Å². The number of hydrogen-bond acceptors (Lipinski definition) is 6.